The molecule has 6 heteroatoms. The number of nitrogens with zero attached hydrogens (tertiary/aromatic N) is 1. The van der Waals surface area contributed by atoms with E-state index < -0.39 is 5.76 Å². The van der Waals surface area contributed by atoms with E-state index in [1.807, 2.05) is 27.0 Å². The summed E-state index contributed by atoms with van der Waals surface area (Å²) in [6, 6.07) is 0. The maximum absolute atomic E-state index is 10.8. The first-order valence-corrected chi connectivity index (χ1v) is 6.54. The minimum Gasteiger partial charge on any atom is -0.493 e. The molecule has 0 bridgehead atoms. The van der Waals surface area contributed by atoms with Crippen molar-refractivity contribution in [2.24, 2.45) is 0 Å². The molecule has 0 saturated heterocycles. The zero-order valence-electron chi connectivity index (χ0n) is 10.6. The summed E-state index contributed by atoms with van der Waals surface area (Å²) in [4.78, 5) is 11.4. The third kappa shape index (κ3) is 4.52. The van der Waals surface area contributed by atoms with Crippen LogP contribution in [0.5, 0.6) is 0 Å². The number of aromatic nitrogens is 2. The highest BCUT2D eigenvalue weighted by atomic mass is 32.2. The Balaban J connectivity index is 0.00000121. The van der Waals surface area contributed by atoms with Gasteiger partial charge in [-0.3, -0.25) is 0 Å². The van der Waals surface area contributed by atoms with E-state index in [2.05, 4.69) is 16.8 Å². The Morgan fingerprint density at radius 1 is 1.65 bits per heavy atom. The Morgan fingerprint density at radius 2 is 2.29 bits per heavy atom. The fourth-order valence-corrected chi connectivity index (χ4v) is 1.60. The van der Waals surface area contributed by atoms with E-state index in [0.29, 0.717) is 17.3 Å². The number of hydrogen-bond acceptors (Lipinski definition) is 5. The Bertz CT molecular complexity index is 420. The fraction of sp³-hybridized carbons (Fsp3) is 0.455. The van der Waals surface area contributed by atoms with Gasteiger partial charge >= 0.3 is 5.76 Å². The van der Waals surface area contributed by atoms with Crippen molar-refractivity contribution in [3.63, 3.8) is 0 Å². The second kappa shape index (κ2) is 8.69. The van der Waals surface area contributed by atoms with E-state index in [0.717, 1.165) is 0 Å². The van der Waals surface area contributed by atoms with Crippen molar-refractivity contribution in [3.8, 4) is 0 Å². The zero-order valence-corrected chi connectivity index (χ0v) is 11.4. The molecule has 0 spiro atoms. The molecule has 1 rings (SSSR count). The third-order valence-corrected chi connectivity index (χ3v) is 2.33. The first kappa shape index (κ1) is 15.6. The molecule has 5 nitrogen and oxygen atoms in total. The first-order valence-electron chi connectivity index (χ1n) is 5.32. The number of nitrogens with one attached hydrogen (secondary N) is 1. The predicted octanol–water partition coefficient (Wildman–Crippen LogP) is 2.64. The van der Waals surface area contributed by atoms with Crippen LogP contribution in [0.25, 0.3) is 4.91 Å². The summed E-state index contributed by atoms with van der Waals surface area (Å²) in [5.74, 6) is 0.188. The molecule has 0 unspecified atom stereocenters. The lowest BCUT2D eigenvalue weighted by Crippen LogP contribution is -1.94. The average Bonchev–Trinajstić information content (AvgIpc) is 2.78. The summed E-state index contributed by atoms with van der Waals surface area (Å²) >= 11 is 1.38. The minimum absolute atomic E-state index is 0.218. The number of thioether (sulfide) groups is 1. The molecule has 0 atom stereocenters. The molecule has 96 valence electrons. The topological polar surface area (TPSA) is 68.1 Å². The van der Waals surface area contributed by atoms with E-state index in [1.54, 1.807) is 6.08 Å². The molecule has 0 radical (unpaired) electrons. The summed E-state index contributed by atoms with van der Waals surface area (Å²) in [6.45, 7) is 10.0. The molecule has 0 fully saturated rings. The molecule has 1 heterocycles. The van der Waals surface area contributed by atoms with Crippen LogP contribution in [0.3, 0.4) is 0 Å². The Morgan fingerprint density at radius 3 is 2.65 bits per heavy atom. The molecule has 0 aromatic carbocycles. The van der Waals surface area contributed by atoms with Crippen molar-refractivity contribution in [1.82, 2.24) is 10.2 Å². The number of hydrogen-bond donors (Lipinski definition) is 1. The molecular weight excluding hydrogens is 240 g/mol. The fourth-order valence-electron chi connectivity index (χ4n) is 0.993. The molecular formula is C11H18N2O3S. The third-order valence-electron chi connectivity index (χ3n) is 1.55. The maximum Gasteiger partial charge on any atom is 0.434 e. The van der Waals surface area contributed by atoms with Crippen molar-refractivity contribution in [3.05, 3.63) is 34.9 Å². The van der Waals surface area contributed by atoms with Gasteiger partial charge in [-0.15, -0.1) is 16.9 Å². The highest BCUT2D eigenvalue weighted by molar-refractivity contribution is 8.07. The van der Waals surface area contributed by atoms with Crippen LogP contribution in [0.2, 0.25) is 0 Å². The summed E-state index contributed by atoms with van der Waals surface area (Å²) in [7, 11) is 0. The van der Waals surface area contributed by atoms with Crippen LogP contribution < -0.4 is 5.76 Å². The zero-order chi connectivity index (χ0) is 13.3. The van der Waals surface area contributed by atoms with Gasteiger partial charge < -0.3 is 9.15 Å². The second-order valence-corrected chi connectivity index (χ2v) is 3.27. The average molecular weight is 258 g/mol. The maximum atomic E-state index is 10.8. The van der Waals surface area contributed by atoms with Crippen LogP contribution in [0, 0.1) is 0 Å². The van der Waals surface area contributed by atoms with Crippen LogP contribution in [0.4, 0.5) is 0 Å². The quantitative estimate of drug-likeness (QED) is 0.649. The van der Waals surface area contributed by atoms with E-state index >= 15 is 0 Å². The van der Waals surface area contributed by atoms with Crippen LogP contribution in [0.15, 0.2) is 27.6 Å². The van der Waals surface area contributed by atoms with Gasteiger partial charge in [0.25, 0.3) is 5.89 Å². The molecule has 0 amide bonds. The van der Waals surface area contributed by atoms with Crippen LogP contribution >= 0.6 is 11.8 Å². The highest BCUT2D eigenvalue weighted by Gasteiger charge is 2.13. The van der Waals surface area contributed by atoms with Gasteiger partial charge in [0.2, 0.25) is 0 Å². The van der Waals surface area contributed by atoms with Crippen molar-refractivity contribution in [2.75, 3.05) is 12.9 Å². The smallest absolute Gasteiger partial charge is 0.434 e. The lowest BCUT2D eigenvalue weighted by molar-refractivity contribution is 0.245. The van der Waals surface area contributed by atoms with Crippen molar-refractivity contribution in [1.29, 1.82) is 0 Å². The van der Waals surface area contributed by atoms with Gasteiger partial charge in [0.05, 0.1) is 6.61 Å². The predicted molar refractivity (Wildman–Crippen MR) is 70.7 cm³/mol. The van der Waals surface area contributed by atoms with Crippen molar-refractivity contribution >= 4 is 16.7 Å². The number of allylic oxidation sites excluding steroid dienone is 1. The lowest BCUT2D eigenvalue weighted by Gasteiger charge is -2.06. The molecule has 0 aliphatic rings. The monoisotopic (exact) mass is 258 g/mol. The van der Waals surface area contributed by atoms with Gasteiger partial charge in [-0.1, -0.05) is 20.4 Å². The highest BCUT2D eigenvalue weighted by Crippen LogP contribution is 2.27. The van der Waals surface area contributed by atoms with Gasteiger partial charge in [-0.25, -0.2) is 9.89 Å². The van der Waals surface area contributed by atoms with E-state index in [9.17, 15) is 4.79 Å². The van der Waals surface area contributed by atoms with Crippen molar-refractivity contribution in [2.45, 2.75) is 20.8 Å². The van der Waals surface area contributed by atoms with Gasteiger partial charge in [0.15, 0.2) is 0 Å². The van der Waals surface area contributed by atoms with Gasteiger partial charge in [-0.2, -0.15) is 0 Å². The summed E-state index contributed by atoms with van der Waals surface area (Å²) in [5.41, 5.74) is 0. The van der Waals surface area contributed by atoms with E-state index in [1.165, 1.54) is 11.8 Å². The number of rotatable bonds is 5. The lowest BCUT2D eigenvalue weighted by atomic mass is 10.4. The molecule has 0 aliphatic heterocycles. The standard InChI is InChI=1S/C9H12N2O3S.C2H6/c1-4-6(13-5-2)7(15-3)8-10-11-9(12)14-8;1-2/h4H,1,5H2,2-3H3,(H,11,12);1-2H3/b7-6+;. The number of aromatic amines is 1. The summed E-state index contributed by atoms with van der Waals surface area (Å²) < 4.78 is 10.2. The SMILES string of the molecule is C=C/C(OCC)=C(\SC)c1n[nH]c(=O)o1.CC. The molecule has 1 aromatic rings. The van der Waals surface area contributed by atoms with Gasteiger partial charge in [0, 0.05) is 0 Å². The second-order valence-electron chi connectivity index (χ2n) is 2.45. The van der Waals surface area contributed by atoms with Gasteiger partial charge in [0.1, 0.15) is 10.7 Å². The Kier molecular flexibility index (Phi) is 7.96. The van der Waals surface area contributed by atoms with Gasteiger partial charge in [-0.05, 0) is 19.3 Å². The normalized spacial score (nSPS) is 11.1. The molecule has 1 aromatic heterocycles. The Hall–Kier alpha value is -1.43. The minimum atomic E-state index is -0.587. The number of H-pyrrole nitrogens is 1. The summed E-state index contributed by atoms with van der Waals surface area (Å²) in [6.07, 6.45) is 3.40. The molecule has 0 saturated carbocycles. The first-order chi connectivity index (χ1) is 8.22. The van der Waals surface area contributed by atoms with Crippen LogP contribution in [-0.4, -0.2) is 23.1 Å². The van der Waals surface area contributed by atoms with Crippen molar-refractivity contribution < 1.29 is 9.15 Å². The van der Waals surface area contributed by atoms with Crippen LogP contribution in [-0.2, 0) is 4.74 Å². The largest absolute Gasteiger partial charge is 0.493 e. The molecule has 17 heavy (non-hydrogen) atoms. The van der Waals surface area contributed by atoms with E-state index in [4.69, 9.17) is 9.15 Å². The molecule has 0 aliphatic carbocycles. The number of ether oxygens (including phenoxy) is 1. The van der Waals surface area contributed by atoms with Crippen LogP contribution in [0.1, 0.15) is 26.7 Å². The molecule has 1 N–H and O–H groups in total. The van der Waals surface area contributed by atoms with E-state index in [-0.39, 0.29) is 5.89 Å². The summed E-state index contributed by atoms with van der Waals surface area (Å²) in [5, 5.41) is 5.92. The Labute approximate surface area is 105 Å².